The monoisotopic (exact) mass is 415 g/mol. The summed E-state index contributed by atoms with van der Waals surface area (Å²) in [7, 11) is 0. The molecule has 1 aliphatic heterocycles. The minimum Gasteiger partial charge on any atom is -0.356 e. The number of nitrogens with zero attached hydrogens (tertiary/aromatic N) is 1. The second-order valence-corrected chi connectivity index (χ2v) is 8.06. The van der Waals surface area contributed by atoms with Crippen molar-refractivity contribution in [1.29, 1.82) is 0 Å². The Balaban J connectivity index is 1.35. The fourth-order valence-electron chi connectivity index (χ4n) is 4.24. The van der Waals surface area contributed by atoms with Gasteiger partial charge in [0, 0.05) is 26.2 Å². The van der Waals surface area contributed by atoms with Gasteiger partial charge in [-0.3, -0.25) is 14.5 Å². The Morgan fingerprint density at radius 2 is 1.77 bits per heavy atom. The molecule has 0 saturated carbocycles. The van der Waals surface area contributed by atoms with Crippen LogP contribution in [0.4, 0.5) is 0 Å². The first kappa shape index (κ1) is 21.1. The number of rotatable bonds is 8. The number of piperazine rings is 1. The van der Waals surface area contributed by atoms with Crippen molar-refractivity contribution in [3.05, 3.63) is 83.9 Å². The van der Waals surface area contributed by atoms with Crippen molar-refractivity contribution in [1.82, 2.24) is 15.5 Å². The standard InChI is InChI=1S/C26H29N3O2/c30-25(27-15-7-10-20-8-2-1-3-9-20)18-24-26(31)28-16-17-29(24)19-22-13-6-12-21-11-4-5-14-23(21)22/h1-6,8-9,11-14,24H,7,10,15-19H2,(H,27,30)(H,28,31)/t24-/m0/s1. The van der Waals surface area contributed by atoms with Crippen LogP contribution < -0.4 is 10.6 Å². The Bertz CT molecular complexity index is 1030. The third kappa shape index (κ3) is 5.50. The number of aryl methyl sites for hydroxylation is 1. The molecular formula is C26H29N3O2. The van der Waals surface area contributed by atoms with Crippen LogP contribution in [0.15, 0.2) is 72.8 Å². The van der Waals surface area contributed by atoms with Crippen molar-refractivity contribution < 1.29 is 9.59 Å². The van der Waals surface area contributed by atoms with Crippen LogP contribution in [0.1, 0.15) is 24.0 Å². The molecule has 31 heavy (non-hydrogen) atoms. The molecule has 3 aromatic rings. The highest BCUT2D eigenvalue weighted by molar-refractivity contribution is 5.89. The summed E-state index contributed by atoms with van der Waals surface area (Å²) in [4.78, 5) is 27.3. The van der Waals surface area contributed by atoms with E-state index in [4.69, 9.17) is 0 Å². The molecule has 160 valence electrons. The first-order chi connectivity index (χ1) is 15.2. The van der Waals surface area contributed by atoms with E-state index in [9.17, 15) is 9.59 Å². The van der Waals surface area contributed by atoms with Gasteiger partial charge in [-0.15, -0.1) is 0 Å². The molecule has 0 bridgehead atoms. The van der Waals surface area contributed by atoms with Crippen LogP contribution in [0.2, 0.25) is 0 Å². The van der Waals surface area contributed by atoms with Crippen molar-refractivity contribution in [2.24, 2.45) is 0 Å². The summed E-state index contributed by atoms with van der Waals surface area (Å²) in [5, 5.41) is 8.29. The smallest absolute Gasteiger partial charge is 0.237 e. The highest BCUT2D eigenvalue weighted by Gasteiger charge is 2.31. The molecule has 1 aliphatic rings. The van der Waals surface area contributed by atoms with Crippen molar-refractivity contribution in [2.75, 3.05) is 19.6 Å². The van der Waals surface area contributed by atoms with Crippen LogP contribution in [0, 0.1) is 0 Å². The summed E-state index contributed by atoms with van der Waals surface area (Å²) >= 11 is 0. The minimum atomic E-state index is -0.443. The molecule has 0 radical (unpaired) electrons. The van der Waals surface area contributed by atoms with Crippen molar-refractivity contribution in [2.45, 2.75) is 31.8 Å². The maximum absolute atomic E-state index is 12.6. The predicted molar refractivity (Wildman–Crippen MR) is 124 cm³/mol. The van der Waals surface area contributed by atoms with E-state index in [1.165, 1.54) is 21.9 Å². The summed E-state index contributed by atoms with van der Waals surface area (Å²) in [6, 6.07) is 24.4. The molecule has 4 rings (SSSR count). The lowest BCUT2D eigenvalue weighted by molar-refractivity contribution is -0.134. The summed E-state index contributed by atoms with van der Waals surface area (Å²) < 4.78 is 0. The molecule has 0 spiro atoms. The quantitative estimate of drug-likeness (QED) is 0.555. The summed E-state index contributed by atoms with van der Waals surface area (Å²) in [5.74, 6) is -0.135. The zero-order chi connectivity index (χ0) is 21.5. The number of carbonyl (C=O) groups excluding carboxylic acids is 2. The third-order valence-corrected chi connectivity index (χ3v) is 5.88. The summed E-state index contributed by atoms with van der Waals surface area (Å²) in [6.07, 6.45) is 1.99. The normalized spacial score (nSPS) is 16.8. The van der Waals surface area contributed by atoms with E-state index in [0.717, 1.165) is 19.4 Å². The fraction of sp³-hybridized carbons (Fsp3) is 0.308. The number of hydrogen-bond donors (Lipinski definition) is 2. The number of hydrogen-bond acceptors (Lipinski definition) is 3. The maximum atomic E-state index is 12.6. The highest BCUT2D eigenvalue weighted by atomic mass is 16.2. The number of benzene rings is 3. The molecule has 5 heteroatoms. The Labute approximate surface area is 183 Å². The van der Waals surface area contributed by atoms with E-state index < -0.39 is 6.04 Å². The zero-order valence-corrected chi connectivity index (χ0v) is 17.7. The molecular weight excluding hydrogens is 386 g/mol. The number of amides is 2. The molecule has 0 aliphatic carbocycles. The van der Waals surface area contributed by atoms with Gasteiger partial charge in [-0.25, -0.2) is 0 Å². The lowest BCUT2D eigenvalue weighted by Gasteiger charge is -2.35. The van der Waals surface area contributed by atoms with Gasteiger partial charge >= 0.3 is 0 Å². The van der Waals surface area contributed by atoms with Gasteiger partial charge in [0.1, 0.15) is 0 Å². The number of carbonyl (C=O) groups is 2. The van der Waals surface area contributed by atoms with Gasteiger partial charge in [0.15, 0.2) is 0 Å². The summed E-state index contributed by atoms with van der Waals surface area (Å²) in [6.45, 7) is 2.62. The molecule has 1 fully saturated rings. The second kappa shape index (κ2) is 10.2. The fourth-order valence-corrected chi connectivity index (χ4v) is 4.24. The van der Waals surface area contributed by atoms with E-state index in [-0.39, 0.29) is 18.2 Å². The SMILES string of the molecule is O=C(C[C@H]1C(=O)NCCN1Cc1cccc2ccccc12)NCCCc1ccccc1. The highest BCUT2D eigenvalue weighted by Crippen LogP contribution is 2.22. The molecule has 0 unspecified atom stereocenters. The topological polar surface area (TPSA) is 61.4 Å². The summed E-state index contributed by atoms with van der Waals surface area (Å²) in [5.41, 5.74) is 2.45. The lowest BCUT2D eigenvalue weighted by Crippen LogP contribution is -2.56. The van der Waals surface area contributed by atoms with Crippen LogP contribution in [-0.4, -0.2) is 42.4 Å². The molecule has 2 N–H and O–H groups in total. The first-order valence-corrected chi connectivity index (χ1v) is 11.0. The number of fused-ring (bicyclic) bond motifs is 1. The van der Waals surface area contributed by atoms with Gasteiger partial charge in [0.25, 0.3) is 0 Å². The predicted octanol–water partition coefficient (Wildman–Crippen LogP) is 3.28. The van der Waals surface area contributed by atoms with Gasteiger partial charge in [0.05, 0.1) is 12.5 Å². The van der Waals surface area contributed by atoms with E-state index in [1.54, 1.807) is 0 Å². The first-order valence-electron chi connectivity index (χ1n) is 11.0. The maximum Gasteiger partial charge on any atom is 0.237 e. The second-order valence-electron chi connectivity index (χ2n) is 8.06. The van der Waals surface area contributed by atoms with Crippen LogP contribution in [0.3, 0.4) is 0 Å². The molecule has 1 atom stereocenters. The Kier molecular flexibility index (Phi) is 6.95. The Morgan fingerprint density at radius 1 is 1.00 bits per heavy atom. The average Bonchev–Trinajstić information content (AvgIpc) is 2.80. The minimum absolute atomic E-state index is 0.0640. The van der Waals surface area contributed by atoms with E-state index in [1.807, 2.05) is 30.3 Å². The molecule has 5 nitrogen and oxygen atoms in total. The van der Waals surface area contributed by atoms with E-state index in [2.05, 4.69) is 58.0 Å². The number of nitrogens with one attached hydrogen (secondary N) is 2. The van der Waals surface area contributed by atoms with Crippen molar-refractivity contribution in [3.8, 4) is 0 Å². The molecule has 3 aromatic carbocycles. The third-order valence-electron chi connectivity index (χ3n) is 5.88. The largest absolute Gasteiger partial charge is 0.356 e. The van der Waals surface area contributed by atoms with Gasteiger partial charge in [-0.05, 0) is 34.7 Å². The van der Waals surface area contributed by atoms with Crippen molar-refractivity contribution in [3.63, 3.8) is 0 Å². The van der Waals surface area contributed by atoms with Gasteiger partial charge < -0.3 is 10.6 Å². The Morgan fingerprint density at radius 3 is 2.65 bits per heavy atom. The zero-order valence-electron chi connectivity index (χ0n) is 17.7. The average molecular weight is 416 g/mol. The van der Waals surface area contributed by atoms with Crippen LogP contribution >= 0.6 is 0 Å². The molecule has 0 aromatic heterocycles. The van der Waals surface area contributed by atoms with E-state index >= 15 is 0 Å². The van der Waals surface area contributed by atoms with Gasteiger partial charge in [0.2, 0.25) is 11.8 Å². The van der Waals surface area contributed by atoms with Crippen LogP contribution in [0.25, 0.3) is 10.8 Å². The lowest BCUT2D eigenvalue weighted by atomic mass is 10.0. The van der Waals surface area contributed by atoms with Crippen LogP contribution in [-0.2, 0) is 22.6 Å². The molecule has 1 heterocycles. The van der Waals surface area contributed by atoms with E-state index in [0.29, 0.717) is 19.6 Å². The van der Waals surface area contributed by atoms with Gasteiger partial charge in [-0.1, -0.05) is 72.8 Å². The van der Waals surface area contributed by atoms with Crippen molar-refractivity contribution >= 4 is 22.6 Å². The molecule has 1 saturated heterocycles. The Hall–Kier alpha value is -3.18. The van der Waals surface area contributed by atoms with Crippen LogP contribution in [0.5, 0.6) is 0 Å². The van der Waals surface area contributed by atoms with Gasteiger partial charge in [-0.2, -0.15) is 0 Å². The molecule has 2 amide bonds.